The third-order valence-corrected chi connectivity index (χ3v) is 3.53. The monoisotopic (exact) mass is 262 g/mol. The molecule has 2 rings (SSSR count). The van der Waals surface area contributed by atoms with E-state index in [4.69, 9.17) is 0 Å². The van der Waals surface area contributed by atoms with Crippen molar-refractivity contribution in [2.75, 3.05) is 17.2 Å². The van der Waals surface area contributed by atoms with Gasteiger partial charge in [0, 0.05) is 12.1 Å². The van der Waals surface area contributed by atoms with E-state index < -0.39 is 0 Å². The van der Waals surface area contributed by atoms with E-state index in [9.17, 15) is 0 Å². The first-order valence-corrected chi connectivity index (χ1v) is 7.00. The van der Waals surface area contributed by atoms with Crippen LogP contribution >= 0.6 is 11.3 Å². The Morgan fingerprint density at radius 3 is 2.78 bits per heavy atom. The molecule has 0 saturated carbocycles. The van der Waals surface area contributed by atoms with Gasteiger partial charge in [0.1, 0.15) is 18.0 Å². The highest BCUT2D eigenvalue weighted by atomic mass is 32.1. The fraction of sp³-hybridized carbons (Fsp3) is 0.385. The van der Waals surface area contributed by atoms with E-state index in [-0.39, 0.29) is 6.04 Å². The van der Waals surface area contributed by atoms with Gasteiger partial charge in [-0.3, -0.25) is 0 Å². The van der Waals surface area contributed by atoms with Gasteiger partial charge in [-0.15, -0.1) is 0 Å². The Kier molecular flexibility index (Phi) is 4.15. The molecule has 0 amide bonds. The lowest BCUT2D eigenvalue weighted by Gasteiger charge is -2.16. The highest BCUT2D eigenvalue weighted by Gasteiger charge is 2.10. The second-order valence-corrected chi connectivity index (χ2v) is 4.93. The second kappa shape index (κ2) is 5.82. The first-order valence-electron chi connectivity index (χ1n) is 6.06. The molecule has 0 aromatic carbocycles. The van der Waals surface area contributed by atoms with Gasteiger partial charge >= 0.3 is 0 Å². The van der Waals surface area contributed by atoms with Crippen LogP contribution in [0.5, 0.6) is 0 Å². The Labute approximate surface area is 111 Å². The predicted octanol–water partition coefficient (Wildman–Crippen LogP) is 3.45. The molecule has 5 heteroatoms. The number of anilines is 2. The Hall–Kier alpha value is -1.62. The number of rotatable bonds is 5. The standard InChI is InChI=1S/C13H18N4S/c1-4-14-12-9(2)13(16-8-15-12)17-10(3)11-5-6-18-7-11/h5-8,10H,4H2,1-3H3,(H2,14,15,16,17). The topological polar surface area (TPSA) is 49.8 Å². The van der Waals surface area contributed by atoms with Gasteiger partial charge in [0.05, 0.1) is 6.04 Å². The van der Waals surface area contributed by atoms with Crippen molar-refractivity contribution in [3.05, 3.63) is 34.3 Å². The van der Waals surface area contributed by atoms with Crippen LogP contribution in [0.15, 0.2) is 23.2 Å². The molecule has 0 radical (unpaired) electrons. The molecule has 18 heavy (non-hydrogen) atoms. The van der Waals surface area contributed by atoms with Crippen LogP contribution in [0.25, 0.3) is 0 Å². The molecule has 0 spiro atoms. The molecule has 2 heterocycles. The molecule has 0 bridgehead atoms. The van der Waals surface area contributed by atoms with Gasteiger partial charge in [0.25, 0.3) is 0 Å². The average molecular weight is 262 g/mol. The van der Waals surface area contributed by atoms with Gasteiger partial charge in [0.2, 0.25) is 0 Å². The zero-order valence-electron chi connectivity index (χ0n) is 10.9. The van der Waals surface area contributed by atoms with Crippen molar-refractivity contribution >= 4 is 23.0 Å². The summed E-state index contributed by atoms with van der Waals surface area (Å²) in [5.41, 5.74) is 2.34. The molecule has 0 fully saturated rings. The van der Waals surface area contributed by atoms with Gasteiger partial charge in [-0.05, 0) is 43.2 Å². The molecule has 2 aromatic rings. The summed E-state index contributed by atoms with van der Waals surface area (Å²) < 4.78 is 0. The zero-order chi connectivity index (χ0) is 13.0. The minimum Gasteiger partial charge on any atom is -0.370 e. The lowest BCUT2D eigenvalue weighted by molar-refractivity contribution is 0.873. The molecule has 96 valence electrons. The quantitative estimate of drug-likeness (QED) is 0.866. The summed E-state index contributed by atoms with van der Waals surface area (Å²) in [6, 6.07) is 2.38. The highest BCUT2D eigenvalue weighted by Crippen LogP contribution is 2.24. The summed E-state index contributed by atoms with van der Waals surface area (Å²) in [4.78, 5) is 8.55. The maximum Gasteiger partial charge on any atom is 0.134 e. The van der Waals surface area contributed by atoms with Crippen molar-refractivity contribution in [3.63, 3.8) is 0 Å². The molecule has 4 nitrogen and oxygen atoms in total. The normalized spacial score (nSPS) is 12.2. The molecule has 0 saturated heterocycles. The van der Waals surface area contributed by atoms with Gasteiger partial charge in [-0.1, -0.05) is 0 Å². The van der Waals surface area contributed by atoms with Crippen LogP contribution in [-0.4, -0.2) is 16.5 Å². The fourth-order valence-electron chi connectivity index (χ4n) is 1.75. The Morgan fingerprint density at radius 2 is 2.11 bits per heavy atom. The zero-order valence-corrected chi connectivity index (χ0v) is 11.7. The van der Waals surface area contributed by atoms with Crippen molar-refractivity contribution in [2.45, 2.75) is 26.8 Å². The molecule has 2 N–H and O–H groups in total. The minimum atomic E-state index is 0.249. The molecule has 2 aromatic heterocycles. The number of nitrogens with one attached hydrogen (secondary N) is 2. The number of hydrogen-bond donors (Lipinski definition) is 2. The largest absolute Gasteiger partial charge is 0.370 e. The Morgan fingerprint density at radius 1 is 1.33 bits per heavy atom. The lowest BCUT2D eigenvalue weighted by Crippen LogP contribution is -2.11. The first-order chi connectivity index (χ1) is 8.72. The molecule has 0 aliphatic carbocycles. The van der Waals surface area contributed by atoms with E-state index in [0.29, 0.717) is 0 Å². The Balaban J connectivity index is 2.16. The molecule has 1 unspecified atom stereocenters. The van der Waals surface area contributed by atoms with E-state index in [0.717, 1.165) is 23.7 Å². The van der Waals surface area contributed by atoms with Crippen LogP contribution < -0.4 is 10.6 Å². The van der Waals surface area contributed by atoms with Crippen LogP contribution in [0.4, 0.5) is 11.6 Å². The van der Waals surface area contributed by atoms with E-state index in [1.54, 1.807) is 17.7 Å². The predicted molar refractivity (Wildman–Crippen MR) is 77.3 cm³/mol. The number of nitrogens with zero attached hydrogens (tertiary/aromatic N) is 2. The molecular weight excluding hydrogens is 244 g/mol. The van der Waals surface area contributed by atoms with Crippen molar-refractivity contribution < 1.29 is 0 Å². The summed E-state index contributed by atoms with van der Waals surface area (Å²) in [6.07, 6.45) is 1.59. The second-order valence-electron chi connectivity index (χ2n) is 4.15. The van der Waals surface area contributed by atoms with E-state index in [1.165, 1.54) is 5.56 Å². The molecule has 1 atom stereocenters. The highest BCUT2D eigenvalue weighted by molar-refractivity contribution is 7.07. The SMILES string of the molecule is CCNc1ncnc(NC(C)c2ccsc2)c1C. The van der Waals surface area contributed by atoms with Crippen LogP contribution in [0, 0.1) is 6.92 Å². The van der Waals surface area contributed by atoms with Crippen molar-refractivity contribution in [1.82, 2.24) is 9.97 Å². The fourth-order valence-corrected chi connectivity index (χ4v) is 2.51. The minimum absolute atomic E-state index is 0.249. The Bertz CT molecular complexity index is 496. The third kappa shape index (κ3) is 2.79. The van der Waals surface area contributed by atoms with Crippen LogP contribution in [0.3, 0.4) is 0 Å². The van der Waals surface area contributed by atoms with Crippen molar-refractivity contribution in [1.29, 1.82) is 0 Å². The van der Waals surface area contributed by atoms with Crippen LogP contribution in [0.1, 0.15) is 31.0 Å². The maximum absolute atomic E-state index is 4.31. The summed E-state index contributed by atoms with van der Waals surface area (Å²) in [5.74, 6) is 1.78. The van der Waals surface area contributed by atoms with Gasteiger partial charge in [-0.2, -0.15) is 11.3 Å². The molecule has 0 aliphatic heterocycles. The van der Waals surface area contributed by atoms with Crippen LogP contribution in [0.2, 0.25) is 0 Å². The van der Waals surface area contributed by atoms with Crippen molar-refractivity contribution in [3.8, 4) is 0 Å². The number of aromatic nitrogens is 2. The van der Waals surface area contributed by atoms with E-state index >= 15 is 0 Å². The summed E-state index contributed by atoms with van der Waals surface area (Å²) >= 11 is 1.71. The lowest BCUT2D eigenvalue weighted by atomic mass is 10.2. The summed E-state index contributed by atoms with van der Waals surface area (Å²) in [5, 5.41) is 10.9. The summed E-state index contributed by atoms with van der Waals surface area (Å²) in [7, 11) is 0. The van der Waals surface area contributed by atoms with Gasteiger partial charge in [-0.25, -0.2) is 9.97 Å². The average Bonchev–Trinajstić information content (AvgIpc) is 2.88. The van der Waals surface area contributed by atoms with Gasteiger partial charge < -0.3 is 10.6 Å². The number of thiophene rings is 1. The van der Waals surface area contributed by atoms with Crippen LogP contribution in [-0.2, 0) is 0 Å². The maximum atomic E-state index is 4.31. The first kappa shape index (κ1) is 12.8. The smallest absolute Gasteiger partial charge is 0.134 e. The van der Waals surface area contributed by atoms with E-state index in [1.807, 2.05) is 6.92 Å². The molecular formula is C13H18N4S. The van der Waals surface area contributed by atoms with Gasteiger partial charge in [0.15, 0.2) is 0 Å². The number of hydrogen-bond acceptors (Lipinski definition) is 5. The van der Waals surface area contributed by atoms with E-state index in [2.05, 4.69) is 51.3 Å². The third-order valence-electron chi connectivity index (χ3n) is 2.82. The van der Waals surface area contributed by atoms with Crippen molar-refractivity contribution in [2.24, 2.45) is 0 Å². The molecule has 0 aliphatic rings. The summed E-state index contributed by atoms with van der Waals surface area (Å²) in [6.45, 7) is 7.08.